The number of amides is 2. The summed E-state index contributed by atoms with van der Waals surface area (Å²) in [5.41, 5.74) is 5.50. The Morgan fingerprint density at radius 2 is 2.31 bits per heavy atom. The van der Waals surface area contributed by atoms with Gasteiger partial charge in [-0.2, -0.15) is 0 Å². The summed E-state index contributed by atoms with van der Waals surface area (Å²) in [6, 6.07) is 0.649. The number of carbonyl (C=O) groups is 1. The Bertz CT molecular complexity index is 203. The van der Waals surface area contributed by atoms with E-state index in [2.05, 4.69) is 5.32 Å². The van der Waals surface area contributed by atoms with Gasteiger partial charge >= 0.3 is 6.03 Å². The van der Waals surface area contributed by atoms with E-state index in [0.29, 0.717) is 12.0 Å². The predicted octanol–water partition coefficient (Wildman–Crippen LogP) is 0.139. The fraction of sp³-hybridized carbons (Fsp3) is 0.889. The van der Waals surface area contributed by atoms with Gasteiger partial charge in [0.15, 0.2) is 0 Å². The summed E-state index contributed by atoms with van der Waals surface area (Å²) in [5, 5.41) is 2.92. The Hall–Kier alpha value is -0.770. The second-order valence-electron chi connectivity index (χ2n) is 4.01. The largest absolute Gasteiger partial charge is 0.338 e. The monoisotopic (exact) mass is 183 g/mol. The first-order valence-electron chi connectivity index (χ1n) is 5.06. The lowest BCUT2D eigenvalue weighted by Crippen LogP contribution is -2.52. The number of hydrogen-bond acceptors (Lipinski definition) is 2. The fourth-order valence-corrected chi connectivity index (χ4v) is 1.89. The van der Waals surface area contributed by atoms with Crippen molar-refractivity contribution in [3.63, 3.8) is 0 Å². The van der Waals surface area contributed by atoms with Gasteiger partial charge < -0.3 is 16.0 Å². The molecule has 0 bridgehead atoms. The summed E-state index contributed by atoms with van der Waals surface area (Å²) in [6.07, 6.45) is 3.38. The average Bonchev–Trinajstić information content (AvgIpc) is 2.92. The van der Waals surface area contributed by atoms with Crippen molar-refractivity contribution in [1.82, 2.24) is 10.2 Å². The fourth-order valence-electron chi connectivity index (χ4n) is 1.89. The van der Waals surface area contributed by atoms with E-state index in [0.717, 1.165) is 26.1 Å². The van der Waals surface area contributed by atoms with Gasteiger partial charge in [-0.05, 0) is 31.7 Å². The number of rotatable bonds is 3. The van der Waals surface area contributed by atoms with Gasteiger partial charge in [0.25, 0.3) is 0 Å². The Morgan fingerprint density at radius 1 is 1.54 bits per heavy atom. The minimum Gasteiger partial charge on any atom is -0.338 e. The molecule has 13 heavy (non-hydrogen) atoms. The molecule has 0 aromatic rings. The van der Waals surface area contributed by atoms with Gasteiger partial charge in [0.1, 0.15) is 0 Å². The van der Waals surface area contributed by atoms with Crippen LogP contribution in [0.1, 0.15) is 19.3 Å². The van der Waals surface area contributed by atoms with Crippen molar-refractivity contribution in [2.45, 2.75) is 25.3 Å². The van der Waals surface area contributed by atoms with Crippen LogP contribution in [0, 0.1) is 5.92 Å². The maximum Gasteiger partial charge on any atom is 0.317 e. The highest BCUT2D eigenvalue weighted by Gasteiger charge is 2.36. The van der Waals surface area contributed by atoms with Gasteiger partial charge in [-0.25, -0.2) is 4.79 Å². The molecule has 0 spiro atoms. The van der Waals surface area contributed by atoms with E-state index in [9.17, 15) is 4.79 Å². The van der Waals surface area contributed by atoms with Crippen molar-refractivity contribution in [3.8, 4) is 0 Å². The lowest BCUT2D eigenvalue weighted by atomic mass is 10.0. The third-order valence-corrected chi connectivity index (χ3v) is 2.82. The first kappa shape index (κ1) is 8.81. The molecule has 3 N–H and O–H groups in total. The van der Waals surface area contributed by atoms with Crippen LogP contribution in [0.2, 0.25) is 0 Å². The maximum absolute atomic E-state index is 11.4. The summed E-state index contributed by atoms with van der Waals surface area (Å²) in [7, 11) is 0. The number of nitrogens with two attached hydrogens (primary N) is 1. The first-order valence-corrected chi connectivity index (χ1v) is 5.06. The summed E-state index contributed by atoms with van der Waals surface area (Å²) in [4.78, 5) is 13.4. The van der Waals surface area contributed by atoms with Crippen LogP contribution in [0.15, 0.2) is 0 Å². The average molecular weight is 183 g/mol. The highest BCUT2D eigenvalue weighted by molar-refractivity contribution is 5.75. The van der Waals surface area contributed by atoms with Crippen molar-refractivity contribution >= 4 is 6.03 Å². The van der Waals surface area contributed by atoms with Crippen LogP contribution >= 0.6 is 0 Å². The normalized spacial score (nSPS) is 28.8. The highest BCUT2D eigenvalue weighted by Crippen LogP contribution is 2.29. The Morgan fingerprint density at radius 3 is 2.92 bits per heavy atom. The van der Waals surface area contributed by atoms with E-state index < -0.39 is 0 Å². The molecule has 0 aromatic heterocycles. The first-order chi connectivity index (χ1) is 6.31. The molecule has 1 saturated heterocycles. The van der Waals surface area contributed by atoms with Crippen molar-refractivity contribution in [2.75, 3.05) is 19.6 Å². The molecule has 4 nitrogen and oxygen atoms in total. The quantitative estimate of drug-likeness (QED) is 0.654. The van der Waals surface area contributed by atoms with Gasteiger partial charge in [0, 0.05) is 19.1 Å². The molecule has 1 saturated carbocycles. The molecule has 2 amide bonds. The van der Waals surface area contributed by atoms with Crippen LogP contribution in [0.3, 0.4) is 0 Å². The molecule has 2 rings (SSSR count). The van der Waals surface area contributed by atoms with E-state index in [1.54, 1.807) is 0 Å². The summed E-state index contributed by atoms with van der Waals surface area (Å²) < 4.78 is 0. The van der Waals surface area contributed by atoms with Crippen molar-refractivity contribution in [2.24, 2.45) is 11.7 Å². The smallest absolute Gasteiger partial charge is 0.317 e. The highest BCUT2D eigenvalue weighted by atomic mass is 16.2. The topological polar surface area (TPSA) is 58.4 Å². The molecule has 74 valence electrons. The standard InChI is InChI=1S/C9H17N3O/c10-4-3-7-5-11-9(13)12(6-7)8-1-2-8/h7-8H,1-6,10H2,(H,11,13). The van der Waals surface area contributed by atoms with E-state index in [-0.39, 0.29) is 6.03 Å². The van der Waals surface area contributed by atoms with Crippen LogP contribution in [0.25, 0.3) is 0 Å². The van der Waals surface area contributed by atoms with E-state index in [1.165, 1.54) is 12.8 Å². The minimum atomic E-state index is 0.121. The van der Waals surface area contributed by atoms with Gasteiger partial charge in [-0.15, -0.1) is 0 Å². The molecule has 1 unspecified atom stereocenters. The zero-order valence-corrected chi connectivity index (χ0v) is 7.83. The molecule has 1 heterocycles. The molecule has 2 fully saturated rings. The Balaban J connectivity index is 1.88. The van der Waals surface area contributed by atoms with Crippen LogP contribution in [0.5, 0.6) is 0 Å². The number of nitrogens with zero attached hydrogens (tertiary/aromatic N) is 1. The van der Waals surface area contributed by atoms with Crippen LogP contribution < -0.4 is 11.1 Å². The number of urea groups is 1. The van der Waals surface area contributed by atoms with E-state index in [1.807, 2.05) is 4.90 Å². The van der Waals surface area contributed by atoms with Gasteiger partial charge in [0.05, 0.1) is 0 Å². The zero-order valence-electron chi connectivity index (χ0n) is 7.83. The third kappa shape index (κ3) is 1.94. The van der Waals surface area contributed by atoms with Crippen LogP contribution in [-0.4, -0.2) is 36.6 Å². The molecular weight excluding hydrogens is 166 g/mol. The molecular formula is C9H17N3O. The minimum absolute atomic E-state index is 0.121. The molecule has 2 aliphatic rings. The van der Waals surface area contributed by atoms with Gasteiger partial charge in [-0.3, -0.25) is 0 Å². The molecule has 1 aliphatic carbocycles. The number of carbonyl (C=O) groups excluding carboxylic acids is 1. The predicted molar refractivity (Wildman–Crippen MR) is 50.3 cm³/mol. The van der Waals surface area contributed by atoms with Crippen LogP contribution in [-0.2, 0) is 0 Å². The SMILES string of the molecule is NCCC1CNC(=O)N(C2CC2)C1. The number of nitrogens with one attached hydrogen (secondary N) is 1. The van der Waals surface area contributed by atoms with Crippen molar-refractivity contribution in [3.05, 3.63) is 0 Å². The maximum atomic E-state index is 11.4. The Labute approximate surface area is 78.5 Å². The van der Waals surface area contributed by atoms with Crippen molar-refractivity contribution in [1.29, 1.82) is 0 Å². The Kier molecular flexibility index (Phi) is 2.40. The summed E-state index contributed by atoms with van der Waals surface area (Å²) >= 11 is 0. The zero-order chi connectivity index (χ0) is 9.26. The molecule has 1 atom stereocenters. The molecule has 4 heteroatoms. The van der Waals surface area contributed by atoms with Gasteiger partial charge in [-0.1, -0.05) is 0 Å². The van der Waals surface area contributed by atoms with E-state index in [4.69, 9.17) is 5.73 Å². The molecule has 0 radical (unpaired) electrons. The summed E-state index contributed by atoms with van der Waals surface area (Å²) in [6.45, 7) is 2.44. The second kappa shape index (κ2) is 3.54. The number of hydrogen-bond donors (Lipinski definition) is 2. The second-order valence-corrected chi connectivity index (χ2v) is 4.01. The lowest BCUT2D eigenvalue weighted by Gasteiger charge is -2.33. The summed E-state index contributed by atoms with van der Waals surface area (Å²) in [5.74, 6) is 0.559. The van der Waals surface area contributed by atoms with Gasteiger partial charge in [0.2, 0.25) is 0 Å². The molecule has 0 aromatic carbocycles. The lowest BCUT2D eigenvalue weighted by molar-refractivity contribution is 0.161. The molecule has 1 aliphatic heterocycles. The van der Waals surface area contributed by atoms with E-state index >= 15 is 0 Å². The van der Waals surface area contributed by atoms with Crippen LogP contribution in [0.4, 0.5) is 4.79 Å². The third-order valence-electron chi connectivity index (χ3n) is 2.82. The van der Waals surface area contributed by atoms with Crippen molar-refractivity contribution < 1.29 is 4.79 Å².